The molecular formula is C19H25N3O3S. The second kappa shape index (κ2) is 9.21. The fourth-order valence-corrected chi connectivity index (χ4v) is 3.62. The van der Waals surface area contributed by atoms with Gasteiger partial charge in [0.2, 0.25) is 5.89 Å². The van der Waals surface area contributed by atoms with Crippen LogP contribution in [0.1, 0.15) is 33.9 Å². The number of hydrogen-bond donors (Lipinski definition) is 2. The normalized spacial score (nSPS) is 15.5. The van der Waals surface area contributed by atoms with Crippen LogP contribution in [0.4, 0.5) is 0 Å². The molecule has 3 rings (SSSR count). The summed E-state index contributed by atoms with van der Waals surface area (Å²) in [6.45, 7) is 2.31. The molecule has 0 radical (unpaired) electrons. The molecular weight excluding hydrogens is 350 g/mol. The van der Waals surface area contributed by atoms with E-state index in [4.69, 9.17) is 4.42 Å². The molecule has 1 amide bonds. The van der Waals surface area contributed by atoms with Crippen molar-refractivity contribution in [2.24, 2.45) is 0 Å². The molecule has 2 N–H and O–H groups in total. The highest BCUT2D eigenvalue weighted by molar-refractivity contribution is 7.98. The van der Waals surface area contributed by atoms with Gasteiger partial charge in [0.05, 0.1) is 19.2 Å². The Hall–Kier alpha value is -1.83. The molecule has 0 bridgehead atoms. The summed E-state index contributed by atoms with van der Waals surface area (Å²) in [5.41, 5.74) is 3.00. The van der Waals surface area contributed by atoms with Crippen molar-refractivity contribution in [1.82, 2.24) is 15.2 Å². The van der Waals surface area contributed by atoms with E-state index in [0.717, 1.165) is 31.7 Å². The average Bonchev–Trinajstić information content (AvgIpc) is 3.13. The third-order valence-corrected chi connectivity index (χ3v) is 5.22. The van der Waals surface area contributed by atoms with Crippen molar-refractivity contribution in [3.05, 3.63) is 53.2 Å². The Kier molecular flexibility index (Phi) is 6.71. The number of aliphatic hydroxyl groups excluding tert-OH is 1. The van der Waals surface area contributed by atoms with E-state index in [1.54, 1.807) is 11.8 Å². The van der Waals surface area contributed by atoms with E-state index in [1.807, 2.05) is 6.26 Å². The van der Waals surface area contributed by atoms with Gasteiger partial charge in [0.15, 0.2) is 5.69 Å². The number of aromatic nitrogens is 1. The van der Waals surface area contributed by atoms with Crippen LogP contribution in [0, 0.1) is 0 Å². The molecule has 0 spiro atoms. The van der Waals surface area contributed by atoms with Crippen molar-refractivity contribution < 1.29 is 14.3 Å². The van der Waals surface area contributed by atoms with Gasteiger partial charge in [0.25, 0.3) is 5.91 Å². The molecule has 1 atom stereocenters. The summed E-state index contributed by atoms with van der Waals surface area (Å²) >= 11 is 1.68. The number of aliphatic hydroxyl groups is 1. The minimum atomic E-state index is -0.302. The average molecular weight is 375 g/mol. The minimum absolute atomic E-state index is 0.0792. The first-order chi connectivity index (χ1) is 12.7. The van der Waals surface area contributed by atoms with Crippen molar-refractivity contribution in [2.75, 3.05) is 25.2 Å². The summed E-state index contributed by atoms with van der Waals surface area (Å²) < 4.78 is 5.49. The predicted molar refractivity (Wildman–Crippen MR) is 102 cm³/mol. The van der Waals surface area contributed by atoms with Crippen molar-refractivity contribution in [2.45, 2.75) is 32.0 Å². The van der Waals surface area contributed by atoms with Gasteiger partial charge in [-0.1, -0.05) is 24.3 Å². The molecule has 1 aliphatic heterocycles. The molecule has 26 heavy (non-hydrogen) atoms. The number of rotatable bonds is 8. The highest BCUT2D eigenvalue weighted by Crippen LogP contribution is 2.20. The first kappa shape index (κ1) is 18.9. The molecule has 2 aromatic rings. The van der Waals surface area contributed by atoms with Gasteiger partial charge in [-0.25, -0.2) is 4.98 Å². The molecule has 0 saturated heterocycles. The van der Waals surface area contributed by atoms with Gasteiger partial charge >= 0.3 is 0 Å². The van der Waals surface area contributed by atoms with Crippen LogP contribution in [0.2, 0.25) is 0 Å². The van der Waals surface area contributed by atoms with Crippen LogP contribution in [0.15, 0.2) is 34.9 Å². The molecule has 7 heteroatoms. The summed E-state index contributed by atoms with van der Waals surface area (Å²) in [6, 6.07) is 8.21. The summed E-state index contributed by atoms with van der Waals surface area (Å²) in [4.78, 5) is 18.9. The molecule has 140 valence electrons. The first-order valence-electron chi connectivity index (χ1n) is 8.83. The molecule has 1 aromatic carbocycles. The molecule has 1 aliphatic rings. The van der Waals surface area contributed by atoms with E-state index in [9.17, 15) is 9.90 Å². The summed E-state index contributed by atoms with van der Waals surface area (Å²) in [5.74, 6) is 1.12. The van der Waals surface area contributed by atoms with Gasteiger partial charge in [-0.2, -0.15) is 11.8 Å². The second-order valence-electron chi connectivity index (χ2n) is 6.49. The van der Waals surface area contributed by atoms with Crippen molar-refractivity contribution in [3.63, 3.8) is 0 Å². The molecule has 0 saturated carbocycles. The number of fused-ring (bicyclic) bond motifs is 1. The number of hydrogen-bond acceptors (Lipinski definition) is 6. The molecule has 1 aromatic heterocycles. The Morgan fingerprint density at radius 3 is 3.00 bits per heavy atom. The Bertz CT molecular complexity index is 734. The van der Waals surface area contributed by atoms with Gasteiger partial charge in [-0.15, -0.1) is 0 Å². The lowest BCUT2D eigenvalue weighted by Gasteiger charge is -2.27. The van der Waals surface area contributed by atoms with Gasteiger partial charge in [0.1, 0.15) is 6.26 Å². The van der Waals surface area contributed by atoms with Crippen LogP contribution in [-0.2, 0) is 19.5 Å². The van der Waals surface area contributed by atoms with Crippen LogP contribution in [0.3, 0.4) is 0 Å². The highest BCUT2D eigenvalue weighted by Gasteiger charge is 2.20. The van der Waals surface area contributed by atoms with Crippen molar-refractivity contribution >= 4 is 17.7 Å². The number of carbonyl (C=O) groups is 1. The zero-order valence-corrected chi connectivity index (χ0v) is 15.8. The lowest BCUT2D eigenvalue weighted by Crippen LogP contribution is -2.38. The lowest BCUT2D eigenvalue weighted by molar-refractivity contribution is 0.0910. The van der Waals surface area contributed by atoms with Crippen molar-refractivity contribution in [1.29, 1.82) is 0 Å². The van der Waals surface area contributed by atoms with Gasteiger partial charge in [0, 0.05) is 13.1 Å². The lowest BCUT2D eigenvalue weighted by atomic mass is 10.00. The fourth-order valence-electron chi connectivity index (χ4n) is 3.10. The zero-order valence-electron chi connectivity index (χ0n) is 15.0. The number of amides is 1. The number of carbonyl (C=O) groups excluding carboxylic acids is 1. The Balaban J connectivity index is 1.55. The van der Waals surface area contributed by atoms with Crippen LogP contribution in [0.5, 0.6) is 0 Å². The Morgan fingerprint density at radius 2 is 2.23 bits per heavy atom. The summed E-state index contributed by atoms with van der Waals surface area (Å²) in [6.07, 6.45) is 5.13. The fraction of sp³-hybridized carbons (Fsp3) is 0.474. The van der Waals surface area contributed by atoms with Crippen LogP contribution < -0.4 is 5.32 Å². The quantitative estimate of drug-likeness (QED) is 0.735. The summed E-state index contributed by atoms with van der Waals surface area (Å²) in [5, 5.41) is 12.2. The Morgan fingerprint density at radius 1 is 1.42 bits per heavy atom. The zero-order chi connectivity index (χ0) is 18.4. The summed E-state index contributed by atoms with van der Waals surface area (Å²) in [7, 11) is 0. The third-order valence-electron chi connectivity index (χ3n) is 4.58. The standard InChI is InChI=1S/C19H25N3O3S/c1-26-9-7-16(12-23)20-19(24)17-13-25-18(21-17)11-22-8-6-14-4-2-3-5-15(14)10-22/h2-5,13,16,23H,6-12H2,1H3,(H,20,24)/t16-/m0/s1. The van der Waals surface area contributed by atoms with E-state index in [1.165, 1.54) is 17.4 Å². The van der Waals surface area contributed by atoms with E-state index < -0.39 is 0 Å². The second-order valence-corrected chi connectivity index (χ2v) is 7.48. The molecule has 6 nitrogen and oxygen atoms in total. The third kappa shape index (κ3) is 4.87. The number of oxazole rings is 1. The maximum absolute atomic E-state index is 12.3. The molecule has 0 fully saturated rings. The van der Waals surface area contributed by atoms with Gasteiger partial charge in [-0.05, 0) is 36.0 Å². The Labute approximate surface area is 158 Å². The van der Waals surface area contributed by atoms with Crippen molar-refractivity contribution in [3.8, 4) is 0 Å². The maximum Gasteiger partial charge on any atom is 0.273 e. The van der Waals surface area contributed by atoms with E-state index >= 15 is 0 Å². The monoisotopic (exact) mass is 375 g/mol. The van der Waals surface area contributed by atoms with E-state index in [0.29, 0.717) is 12.4 Å². The highest BCUT2D eigenvalue weighted by atomic mass is 32.2. The molecule has 0 aliphatic carbocycles. The number of nitrogens with zero attached hydrogens (tertiary/aromatic N) is 2. The minimum Gasteiger partial charge on any atom is -0.447 e. The number of benzene rings is 1. The van der Waals surface area contributed by atoms with Crippen LogP contribution in [0.25, 0.3) is 0 Å². The largest absolute Gasteiger partial charge is 0.447 e. The van der Waals surface area contributed by atoms with Crippen LogP contribution >= 0.6 is 11.8 Å². The molecule has 2 heterocycles. The predicted octanol–water partition coefficient (Wildman–Crippen LogP) is 2.08. The topological polar surface area (TPSA) is 78.6 Å². The van der Waals surface area contributed by atoms with E-state index in [-0.39, 0.29) is 24.2 Å². The van der Waals surface area contributed by atoms with Gasteiger partial charge in [-0.3, -0.25) is 9.69 Å². The van der Waals surface area contributed by atoms with E-state index in [2.05, 4.69) is 39.5 Å². The molecule has 0 unspecified atom stereocenters. The first-order valence-corrected chi connectivity index (χ1v) is 10.2. The van der Waals surface area contributed by atoms with Crippen LogP contribution in [-0.4, -0.2) is 52.1 Å². The maximum atomic E-state index is 12.3. The number of nitrogens with one attached hydrogen (secondary N) is 1. The smallest absolute Gasteiger partial charge is 0.273 e. The SMILES string of the molecule is CSCC[C@@H](CO)NC(=O)c1coc(CN2CCc3ccccc3C2)n1. The number of thioether (sulfide) groups is 1. The van der Waals surface area contributed by atoms with Gasteiger partial charge < -0.3 is 14.8 Å².